The summed E-state index contributed by atoms with van der Waals surface area (Å²) in [5.41, 5.74) is 1.52. The lowest BCUT2D eigenvalue weighted by Gasteiger charge is -2.20. The van der Waals surface area contributed by atoms with E-state index in [1.54, 1.807) is 12.1 Å². The molecule has 1 heterocycles. The van der Waals surface area contributed by atoms with Gasteiger partial charge in [0.1, 0.15) is 5.75 Å². The number of ether oxygens (including phenoxy) is 3. The van der Waals surface area contributed by atoms with Crippen LogP contribution in [0.5, 0.6) is 5.75 Å². The molecule has 9 nitrogen and oxygen atoms in total. The van der Waals surface area contributed by atoms with Gasteiger partial charge in [0.05, 0.1) is 25.8 Å². The zero-order valence-corrected chi connectivity index (χ0v) is 15.6. The molecule has 1 aliphatic rings. The summed E-state index contributed by atoms with van der Waals surface area (Å²) in [6.07, 6.45) is -2.19. The number of anilines is 1. The minimum Gasteiger partial charge on any atom is -0.495 e. The van der Waals surface area contributed by atoms with Crippen molar-refractivity contribution in [1.82, 2.24) is 5.32 Å². The van der Waals surface area contributed by atoms with Gasteiger partial charge in [-0.3, -0.25) is 19.7 Å². The Balaban J connectivity index is 2.04. The van der Waals surface area contributed by atoms with E-state index < -0.39 is 30.0 Å². The van der Waals surface area contributed by atoms with E-state index in [0.29, 0.717) is 11.4 Å². The normalized spacial score (nSPS) is 17.3. The molecule has 27 heavy (non-hydrogen) atoms. The van der Waals surface area contributed by atoms with Crippen molar-refractivity contribution in [2.24, 2.45) is 5.92 Å². The van der Waals surface area contributed by atoms with Crippen molar-refractivity contribution in [2.75, 3.05) is 25.7 Å². The minimum absolute atomic E-state index is 0.0404. The van der Waals surface area contributed by atoms with E-state index in [2.05, 4.69) is 4.74 Å². The summed E-state index contributed by atoms with van der Waals surface area (Å²) < 4.78 is 14.7. The largest absolute Gasteiger partial charge is 0.495 e. The molecule has 0 saturated carbocycles. The first-order chi connectivity index (χ1) is 12.8. The fraction of sp³-hybridized carbons (Fsp3) is 0.444. The number of esters is 1. The molecule has 1 aliphatic heterocycles. The number of carbonyl (C=O) groups is 4. The molecule has 1 aromatic rings. The zero-order valence-electron chi connectivity index (χ0n) is 15.6. The Morgan fingerprint density at radius 1 is 1.26 bits per heavy atom. The van der Waals surface area contributed by atoms with Crippen molar-refractivity contribution in [3.05, 3.63) is 23.8 Å². The summed E-state index contributed by atoms with van der Waals surface area (Å²) >= 11 is 0. The van der Waals surface area contributed by atoms with E-state index in [4.69, 9.17) is 9.47 Å². The lowest BCUT2D eigenvalue weighted by molar-refractivity contribution is -0.158. The first-order valence-corrected chi connectivity index (χ1v) is 8.31. The second-order valence-corrected chi connectivity index (χ2v) is 6.14. The van der Waals surface area contributed by atoms with Crippen LogP contribution in [0.4, 0.5) is 10.5 Å². The quantitative estimate of drug-likeness (QED) is 0.766. The van der Waals surface area contributed by atoms with Crippen molar-refractivity contribution in [2.45, 2.75) is 26.4 Å². The Bertz CT molecular complexity index is 762. The molecule has 2 rings (SSSR count). The number of benzene rings is 1. The van der Waals surface area contributed by atoms with Gasteiger partial charge in [-0.05, 0) is 31.5 Å². The molecule has 0 aromatic heterocycles. The fourth-order valence-corrected chi connectivity index (χ4v) is 2.69. The van der Waals surface area contributed by atoms with Crippen LogP contribution in [0.3, 0.4) is 0 Å². The van der Waals surface area contributed by atoms with Crippen LogP contribution in [0.25, 0.3) is 0 Å². The molecule has 0 aliphatic carbocycles. The van der Waals surface area contributed by atoms with Crippen LogP contribution >= 0.6 is 0 Å². The van der Waals surface area contributed by atoms with Gasteiger partial charge in [0.2, 0.25) is 5.91 Å². The van der Waals surface area contributed by atoms with Crippen LogP contribution in [-0.4, -0.2) is 50.7 Å². The predicted octanol–water partition coefficient (Wildman–Crippen LogP) is 1.17. The van der Waals surface area contributed by atoms with Crippen molar-refractivity contribution >= 4 is 29.6 Å². The van der Waals surface area contributed by atoms with E-state index in [9.17, 15) is 19.2 Å². The van der Waals surface area contributed by atoms with Crippen LogP contribution in [-0.2, 0) is 23.9 Å². The Morgan fingerprint density at radius 3 is 2.59 bits per heavy atom. The topological polar surface area (TPSA) is 111 Å². The Morgan fingerprint density at radius 2 is 1.96 bits per heavy atom. The number of hydrogen-bond acceptors (Lipinski definition) is 7. The molecule has 9 heteroatoms. The van der Waals surface area contributed by atoms with Crippen molar-refractivity contribution in [1.29, 1.82) is 0 Å². The van der Waals surface area contributed by atoms with E-state index in [1.165, 1.54) is 18.9 Å². The molecule has 0 radical (unpaired) electrons. The van der Waals surface area contributed by atoms with Crippen molar-refractivity contribution < 1.29 is 33.4 Å². The molecule has 2 atom stereocenters. The van der Waals surface area contributed by atoms with Crippen molar-refractivity contribution in [3.63, 3.8) is 0 Å². The fourth-order valence-electron chi connectivity index (χ4n) is 2.69. The third-order valence-corrected chi connectivity index (χ3v) is 4.16. The number of carbonyl (C=O) groups excluding carboxylic acids is 4. The number of aryl methyl sites for hydroxylation is 1. The van der Waals surface area contributed by atoms with E-state index >= 15 is 0 Å². The summed E-state index contributed by atoms with van der Waals surface area (Å²) in [5.74, 6) is -1.95. The van der Waals surface area contributed by atoms with Gasteiger partial charge in [-0.1, -0.05) is 6.07 Å². The number of methoxy groups -OCH3 is 2. The van der Waals surface area contributed by atoms with Crippen LogP contribution in [0.1, 0.15) is 18.9 Å². The van der Waals surface area contributed by atoms with Gasteiger partial charge in [0.15, 0.2) is 6.10 Å². The summed E-state index contributed by atoms with van der Waals surface area (Å²) in [6, 6.07) is 5.41. The minimum atomic E-state index is -1.20. The van der Waals surface area contributed by atoms with E-state index in [1.807, 2.05) is 18.3 Å². The van der Waals surface area contributed by atoms with Crippen molar-refractivity contribution in [3.8, 4) is 5.75 Å². The molecule has 1 aromatic carbocycles. The average molecular weight is 378 g/mol. The second-order valence-electron chi connectivity index (χ2n) is 6.14. The molecule has 1 fully saturated rings. The highest BCUT2D eigenvalue weighted by atomic mass is 16.6. The van der Waals surface area contributed by atoms with Gasteiger partial charge in [0.25, 0.3) is 5.91 Å². The number of amides is 3. The third kappa shape index (κ3) is 4.75. The number of alkyl carbamates (subject to hydrolysis) is 1. The first kappa shape index (κ1) is 20.2. The number of nitrogens with zero attached hydrogens (tertiary/aromatic N) is 1. The highest BCUT2D eigenvalue weighted by Crippen LogP contribution is 2.34. The molecule has 146 valence electrons. The van der Waals surface area contributed by atoms with Crippen LogP contribution < -0.4 is 15.0 Å². The summed E-state index contributed by atoms with van der Waals surface area (Å²) in [6.45, 7) is 3.33. The van der Waals surface area contributed by atoms with Gasteiger partial charge in [0, 0.05) is 13.0 Å². The first-order valence-electron chi connectivity index (χ1n) is 8.31. The average Bonchev–Trinajstić information content (AvgIpc) is 3.03. The smallest absolute Gasteiger partial charge is 0.413 e. The monoisotopic (exact) mass is 378 g/mol. The van der Waals surface area contributed by atoms with Gasteiger partial charge in [-0.25, -0.2) is 4.79 Å². The van der Waals surface area contributed by atoms with Gasteiger partial charge >= 0.3 is 12.1 Å². The van der Waals surface area contributed by atoms with E-state index in [0.717, 1.165) is 12.7 Å². The zero-order chi connectivity index (χ0) is 20.1. The van der Waals surface area contributed by atoms with Gasteiger partial charge in [-0.2, -0.15) is 0 Å². The molecule has 0 unspecified atom stereocenters. The Labute approximate surface area is 156 Å². The van der Waals surface area contributed by atoms with Crippen LogP contribution in [0.15, 0.2) is 18.2 Å². The highest BCUT2D eigenvalue weighted by molar-refractivity contribution is 6.01. The van der Waals surface area contributed by atoms with E-state index in [-0.39, 0.29) is 18.9 Å². The van der Waals surface area contributed by atoms with Crippen LogP contribution in [0.2, 0.25) is 0 Å². The summed E-state index contributed by atoms with van der Waals surface area (Å²) in [4.78, 5) is 49.0. The summed E-state index contributed by atoms with van der Waals surface area (Å²) in [7, 11) is 2.61. The SMILES string of the molecule is COC(=O)NC(=O)[C@@H](C)OC(=O)[C@@H]1CC(=O)N(c2cc(C)ccc2OC)C1. The molecule has 0 bridgehead atoms. The maximum Gasteiger partial charge on any atom is 0.413 e. The predicted molar refractivity (Wildman–Crippen MR) is 94.3 cm³/mol. The van der Waals surface area contributed by atoms with Crippen LogP contribution in [0, 0.1) is 12.8 Å². The summed E-state index contributed by atoms with van der Waals surface area (Å²) in [5, 5.41) is 1.92. The maximum absolute atomic E-state index is 12.4. The number of imide groups is 1. The second kappa shape index (κ2) is 8.52. The number of nitrogens with one attached hydrogen (secondary N) is 1. The standard InChI is InChI=1S/C18H22N2O7/c1-10-5-6-14(25-3)13(7-10)20-9-12(8-15(20)21)17(23)27-11(2)16(22)19-18(24)26-4/h5-7,11-12H,8-9H2,1-4H3,(H,19,22,24)/t11-,12-/m1/s1. The maximum atomic E-state index is 12.4. The lowest BCUT2D eigenvalue weighted by Crippen LogP contribution is -2.40. The Kier molecular flexibility index (Phi) is 6.38. The highest BCUT2D eigenvalue weighted by Gasteiger charge is 2.38. The Hall–Kier alpha value is -3.10. The molecule has 1 N–H and O–H groups in total. The number of hydrogen-bond donors (Lipinski definition) is 1. The van der Waals surface area contributed by atoms with Gasteiger partial charge < -0.3 is 19.1 Å². The number of rotatable bonds is 5. The molecule has 0 spiro atoms. The molecular weight excluding hydrogens is 356 g/mol. The molecule has 1 saturated heterocycles. The molecular formula is C18H22N2O7. The molecule has 3 amide bonds. The van der Waals surface area contributed by atoms with Gasteiger partial charge in [-0.15, -0.1) is 0 Å². The third-order valence-electron chi connectivity index (χ3n) is 4.16. The lowest BCUT2D eigenvalue weighted by atomic mass is 10.1.